The summed E-state index contributed by atoms with van der Waals surface area (Å²) in [7, 11) is -6.25. The Bertz CT molecular complexity index is 705. The predicted molar refractivity (Wildman–Crippen MR) is 78.5 cm³/mol. The minimum absolute atomic E-state index is 0.666. The highest BCUT2D eigenvalue weighted by Gasteiger charge is 2.56. The Morgan fingerprint density at radius 1 is 0.964 bits per heavy atom. The Morgan fingerprint density at radius 2 is 1.46 bits per heavy atom. The average Bonchev–Trinajstić information content (AvgIpc) is 2.49. The third kappa shape index (κ3) is 6.29. The van der Waals surface area contributed by atoms with Crippen LogP contribution >= 0.6 is 0 Å². The molecule has 0 amide bonds. The van der Waals surface area contributed by atoms with Gasteiger partial charge in [0.05, 0.1) is 0 Å². The van der Waals surface area contributed by atoms with Crippen molar-refractivity contribution in [1.29, 1.82) is 0 Å². The molecule has 0 aromatic heterocycles. The number of carbonyl (C=O) groups is 3. The maximum atomic E-state index is 12.6. The van der Waals surface area contributed by atoms with Crippen molar-refractivity contribution in [3.63, 3.8) is 0 Å². The third-order valence-electron chi connectivity index (χ3n) is 3.19. The van der Waals surface area contributed by atoms with Gasteiger partial charge in [0.25, 0.3) is 0 Å². The molecule has 0 aromatic carbocycles. The molecule has 0 bridgehead atoms. The molecule has 15 heteroatoms. The molecule has 0 unspecified atom stereocenters. The maximum absolute atomic E-state index is 12.6. The van der Waals surface area contributed by atoms with Gasteiger partial charge in [-0.25, -0.2) is 0 Å². The summed E-state index contributed by atoms with van der Waals surface area (Å²) in [5.41, 5.74) is -5.86. The highest BCUT2D eigenvalue weighted by Crippen LogP contribution is 2.33. The molecule has 1 heterocycles. The molecular weight excluding hydrogens is 421 g/mol. The van der Waals surface area contributed by atoms with Gasteiger partial charge in [0.15, 0.2) is 24.6 Å². The molecular formula is C13H17F3O11S. The summed E-state index contributed by atoms with van der Waals surface area (Å²) in [4.78, 5) is 33.6. The molecule has 162 valence electrons. The van der Waals surface area contributed by atoms with Crippen LogP contribution in [-0.4, -0.2) is 74.3 Å². The maximum Gasteiger partial charge on any atom is 0.523 e. The molecule has 28 heavy (non-hydrogen) atoms. The van der Waals surface area contributed by atoms with Crippen LogP contribution in [0.15, 0.2) is 0 Å². The first-order chi connectivity index (χ1) is 12.7. The molecule has 5 atom stereocenters. The van der Waals surface area contributed by atoms with Crippen molar-refractivity contribution in [1.82, 2.24) is 0 Å². The second-order valence-electron chi connectivity index (χ2n) is 5.48. The van der Waals surface area contributed by atoms with E-state index in [4.69, 9.17) is 14.2 Å². The normalized spacial score (nSPS) is 28.3. The Hall–Kier alpha value is -1.97. The molecule has 1 aliphatic rings. The standard InChI is InChI=1S/C13H17F3O11S/c1-5(17)23-4-8-9(24-6(2)18)10(25-7(3)19)11(12(20)26-8)27-28(21,22)13(14,15)16/h8-12,20H,4H2,1-3H3/t8-,9+,10+,11-,12+/m1/s1. The zero-order valence-electron chi connectivity index (χ0n) is 14.7. The summed E-state index contributed by atoms with van der Waals surface area (Å²) < 4.78 is 83.5. The minimum Gasteiger partial charge on any atom is -0.463 e. The van der Waals surface area contributed by atoms with Crippen molar-refractivity contribution in [2.75, 3.05) is 6.61 Å². The first-order valence-corrected chi connectivity index (χ1v) is 8.87. The van der Waals surface area contributed by atoms with Crippen LogP contribution in [0.2, 0.25) is 0 Å². The van der Waals surface area contributed by atoms with Crippen LogP contribution in [0.3, 0.4) is 0 Å². The van der Waals surface area contributed by atoms with E-state index in [1.165, 1.54) is 0 Å². The van der Waals surface area contributed by atoms with Crippen LogP contribution in [0, 0.1) is 0 Å². The number of carbonyl (C=O) groups excluding carboxylic acids is 3. The highest BCUT2D eigenvalue weighted by molar-refractivity contribution is 7.87. The van der Waals surface area contributed by atoms with Gasteiger partial charge in [-0.3, -0.25) is 18.6 Å². The summed E-state index contributed by atoms with van der Waals surface area (Å²) >= 11 is 0. The van der Waals surface area contributed by atoms with Gasteiger partial charge >= 0.3 is 33.5 Å². The molecule has 1 fully saturated rings. The molecule has 1 aliphatic heterocycles. The van der Waals surface area contributed by atoms with Crippen molar-refractivity contribution in [3.05, 3.63) is 0 Å². The van der Waals surface area contributed by atoms with Gasteiger partial charge in [0.2, 0.25) is 0 Å². The van der Waals surface area contributed by atoms with Crippen molar-refractivity contribution in [2.45, 2.75) is 57.0 Å². The number of alkyl halides is 3. The molecule has 0 spiro atoms. The van der Waals surface area contributed by atoms with Crippen molar-refractivity contribution in [2.24, 2.45) is 0 Å². The monoisotopic (exact) mass is 438 g/mol. The fourth-order valence-electron chi connectivity index (χ4n) is 2.19. The lowest BCUT2D eigenvalue weighted by Gasteiger charge is -2.42. The van der Waals surface area contributed by atoms with E-state index in [2.05, 4.69) is 8.92 Å². The lowest BCUT2D eigenvalue weighted by Crippen LogP contribution is -2.62. The van der Waals surface area contributed by atoms with E-state index in [0.717, 1.165) is 20.8 Å². The smallest absolute Gasteiger partial charge is 0.463 e. The fourth-order valence-corrected chi connectivity index (χ4v) is 2.80. The van der Waals surface area contributed by atoms with E-state index in [1.54, 1.807) is 0 Å². The van der Waals surface area contributed by atoms with Gasteiger partial charge in [-0.15, -0.1) is 0 Å². The lowest BCUT2D eigenvalue weighted by molar-refractivity contribution is -0.288. The van der Waals surface area contributed by atoms with E-state index in [-0.39, 0.29) is 0 Å². The van der Waals surface area contributed by atoms with Crippen LogP contribution in [-0.2, 0) is 47.6 Å². The van der Waals surface area contributed by atoms with E-state index in [9.17, 15) is 41.1 Å². The summed E-state index contributed by atoms with van der Waals surface area (Å²) in [6.07, 6.45) is -10.1. The second-order valence-corrected chi connectivity index (χ2v) is 7.04. The lowest BCUT2D eigenvalue weighted by atomic mass is 9.98. The molecule has 0 aliphatic carbocycles. The number of rotatable bonds is 6. The largest absolute Gasteiger partial charge is 0.523 e. The van der Waals surface area contributed by atoms with Crippen LogP contribution < -0.4 is 0 Å². The Labute approximate surface area is 156 Å². The number of halogens is 3. The number of ether oxygens (including phenoxy) is 4. The third-order valence-corrected chi connectivity index (χ3v) is 4.23. The minimum atomic E-state index is -6.25. The van der Waals surface area contributed by atoms with Crippen molar-refractivity contribution in [3.8, 4) is 0 Å². The number of hydrogen-bond acceptors (Lipinski definition) is 11. The Morgan fingerprint density at radius 3 is 1.89 bits per heavy atom. The van der Waals surface area contributed by atoms with Gasteiger partial charge in [-0.05, 0) is 0 Å². The van der Waals surface area contributed by atoms with Gasteiger partial charge in [0.1, 0.15) is 12.7 Å². The number of esters is 3. The first kappa shape index (κ1) is 24.1. The molecule has 11 nitrogen and oxygen atoms in total. The predicted octanol–water partition coefficient (Wildman–Crippen LogP) is -0.635. The molecule has 1 N–H and O–H groups in total. The van der Waals surface area contributed by atoms with Crippen LogP contribution in [0.4, 0.5) is 13.2 Å². The molecule has 1 saturated heterocycles. The van der Waals surface area contributed by atoms with Gasteiger partial charge in [-0.1, -0.05) is 0 Å². The summed E-state index contributed by atoms with van der Waals surface area (Å²) in [5, 5.41) is 9.92. The average molecular weight is 438 g/mol. The van der Waals surface area contributed by atoms with Crippen LogP contribution in [0.1, 0.15) is 20.8 Å². The quantitative estimate of drug-likeness (QED) is 0.244. The zero-order chi connectivity index (χ0) is 21.9. The van der Waals surface area contributed by atoms with E-state index in [1.807, 2.05) is 0 Å². The Balaban J connectivity index is 3.29. The van der Waals surface area contributed by atoms with Crippen molar-refractivity contribution < 1.29 is 64.2 Å². The van der Waals surface area contributed by atoms with Gasteiger partial charge in [0, 0.05) is 20.8 Å². The number of hydrogen-bond donors (Lipinski definition) is 1. The SMILES string of the molecule is CC(=O)OC[C@H]1O[C@H](O)[C@H](OS(=O)(=O)C(F)(F)F)[C@@H](OC(C)=O)[C@H]1OC(C)=O. The molecule has 0 radical (unpaired) electrons. The van der Waals surface area contributed by atoms with Crippen LogP contribution in [0.5, 0.6) is 0 Å². The summed E-state index contributed by atoms with van der Waals surface area (Å²) in [6.45, 7) is 2.05. The second kappa shape index (κ2) is 9.02. The van der Waals surface area contributed by atoms with Gasteiger partial charge in [-0.2, -0.15) is 21.6 Å². The van der Waals surface area contributed by atoms with E-state index >= 15 is 0 Å². The number of aliphatic hydroxyl groups is 1. The molecule has 0 aromatic rings. The van der Waals surface area contributed by atoms with Crippen molar-refractivity contribution >= 4 is 28.0 Å². The zero-order valence-corrected chi connectivity index (χ0v) is 15.5. The number of aliphatic hydroxyl groups excluding tert-OH is 1. The molecule has 0 saturated carbocycles. The first-order valence-electron chi connectivity index (χ1n) is 7.46. The van der Waals surface area contributed by atoms with E-state index in [0.29, 0.717) is 0 Å². The molecule has 1 rings (SSSR count). The van der Waals surface area contributed by atoms with Gasteiger partial charge < -0.3 is 24.1 Å². The summed E-state index contributed by atoms with van der Waals surface area (Å²) in [5.74, 6) is -2.96. The van der Waals surface area contributed by atoms with Crippen LogP contribution in [0.25, 0.3) is 0 Å². The highest BCUT2D eigenvalue weighted by atomic mass is 32.2. The fraction of sp³-hybridized carbons (Fsp3) is 0.769. The Kier molecular flexibility index (Phi) is 7.75. The topological polar surface area (TPSA) is 152 Å². The van der Waals surface area contributed by atoms with E-state index < -0.39 is 70.8 Å². The summed E-state index contributed by atoms with van der Waals surface area (Å²) in [6, 6.07) is 0.